The van der Waals surface area contributed by atoms with Crippen LogP contribution in [0.25, 0.3) is 0 Å². The molecule has 2 saturated heterocycles. The van der Waals surface area contributed by atoms with Crippen LogP contribution in [-0.2, 0) is 11.2 Å². The summed E-state index contributed by atoms with van der Waals surface area (Å²) in [7, 11) is 4.20. The Bertz CT molecular complexity index is 555. The first-order valence-corrected chi connectivity index (χ1v) is 9.41. The topological polar surface area (TPSA) is 44.8 Å². The number of hydrogen-bond acceptors (Lipinski definition) is 3. The van der Waals surface area contributed by atoms with Gasteiger partial charge in [0.05, 0.1) is 0 Å². The fraction of sp³-hybridized carbons (Fsp3) is 0.650. The number of nitrogens with zero attached hydrogens (tertiary/aromatic N) is 2. The summed E-state index contributed by atoms with van der Waals surface area (Å²) in [4.78, 5) is 16.8. The highest BCUT2D eigenvalue weighted by Crippen LogP contribution is 2.26. The third-order valence-electron chi connectivity index (χ3n) is 5.88. The average Bonchev–Trinajstić information content (AvgIpc) is 3.10. The van der Waals surface area contributed by atoms with Crippen LogP contribution < -0.4 is 5.32 Å². The molecular weight excluding hydrogens is 314 g/mol. The van der Waals surface area contributed by atoms with Gasteiger partial charge in [-0.15, -0.1) is 0 Å². The minimum atomic E-state index is 0.0249. The number of likely N-dealkylation sites (tertiary alicyclic amines) is 1. The van der Waals surface area contributed by atoms with Crippen LogP contribution >= 0.6 is 0 Å². The molecule has 5 heteroatoms. The van der Waals surface area contributed by atoms with Crippen molar-refractivity contribution >= 4 is 6.03 Å². The first-order valence-electron chi connectivity index (χ1n) is 9.41. The molecule has 1 aromatic carbocycles. The molecule has 0 aliphatic carbocycles. The van der Waals surface area contributed by atoms with Gasteiger partial charge in [-0.2, -0.15) is 0 Å². The van der Waals surface area contributed by atoms with E-state index >= 15 is 0 Å². The minimum Gasteiger partial charge on any atom is -0.381 e. The molecule has 3 rings (SSSR count). The summed E-state index contributed by atoms with van der Waals surface area (Å²) in [5, 5.41) is 3.19. The smallest absolute Gasteiger partial charge is 0.317 e. The van der Waals surface area contributed by atoms with Crippen molar-refractivity contribution in [2.24, 2.45) is 5.92 Å². The second kappa shape index (κ2) is 8.19. The molecule has 0 spiro atoms. The Labute approximate surface area is 151 Å². The lowest BCUT2D eigenvalue weighted by molar-refractivity contribution is -0.00614. The van der Waals surface area contributed by atoms with Gasteiger partial charge in [-0.1, -0.05) is 30.3 Å². The van der Waals surface area contributed by atoms with Gasteiger partial charge in [0.1, 0.15) is 0 Å². The average molecular weight is 345 g/mol. The Balaban J connectivity index is 1.48. The number of rotatable bonds is 5. The maximum absolute atomic E-state index is 12.6. The molecule has 0 saturated carbocycles. The van der Waals surface area contributed by atoms with Gasteiger partial charge >= 0.3 is 6.03 Å². The number of likely N-dealkylation sites (N-methyl/N-ethyl adjacent to an activating group) is 1. The lowest BCUT2D eigenvalue weighted by atomic mass is 9.88. The third kappa shape index (κ3) is 4.53. The largest absolute Gasteiger partial charge is 0.381 e. The van der Waals surface area contributed by atoms with E-state index in [1.165, 1.54) is 5.56 Å². The monoisotopic (exact) mass is 345 g/mol. The van der Waals surface area contributed by atoms with Crippen molar-refractivity contribution in [2.45, 2.75) is 31.2 Å². The Morgan fingerprint density at radius 2 is 2.00 bits per heavy atom. The quantitative estimate of drug-likeness (QED) is 0.891. The van der Waals surface area contributed by atoms with Crippen molar-refractivity contribution in [3.63, 3.8) is 0 Å². The molecule has 0 bridgehead atoms. The zero-order chi connectivity index (χ0) is 17.7. The Hall–Kier alpha value is -1.59. The summed E-state index contributed by atoms with van der Waals surface area (Å²) >= 11 is 0. The second-order valence-electron chi connectivity index (χ2n) is 7.68. The number of amides is 2. The summed E-state index contributed by atoms with van der Waals surface area (Å²) in [6.07, 6.45) is 4.09. The summed E-state index contributed by atoms with van der Waals surface area (Å²) in [6.45, 7) is 3.97. The van der Waals surface area contributed by atoms with Crippen molar-refractivity contribution in [3.8, 4) is 0 Å². The van der Waals surface area contributed by atoms with Gasteiger partial charge < -0.3 is 19.9 Å². The molecule has 2 aliphatic heterocycles. The van der Waals surface area contributed by atoms with Gasteiger partial charge in [-0.05, 0) is 51.3 Å². The standard InChI is InChI=1S/C20H31N3O2/c1-22(2)20(9-12-25-13-10-20)16-21-19(24)23-11-8-18(15-23)14-17-6-4-3-5-7-17/h3-7,18H,8-16H2,1-2H3,(H,21,24). The molecule has 25 heavy (non-hydrogen) atoms. The maximum atomic E-state index is 12.6. The van der Waals surface area contributed by atoms with Gasteiger partial charge in [0.15, 0.2) is 0 Å². The second-order valence-corrected chi connectivity index (χ2v) is 7.68. The Morgan fingerprint density at radius 3 is 2.68 bits per heavy atom. The van der Waals surface area contributed by atoms with Crippen molar-refractivity contribution in [3.05, 3.63) is 35.9 Å². The summed E-state index contributed by atoms with van der Waals surface area (Å²) in [5.41, 5.74) is 1.39. The van der Waals surface area contributed by atoms with Crippen LogP contribution in [0.1, 0.15) is 24.8 Å². The fourth-order valence-corrected chi connectivity index (χ4v) is 4.02. The van der Waals surface area contributed by atoms with Crippen LogP contribution in [0, 0.1) is 5.92 Å². The van der Waals surface area contributed by atoms with Gasteiger partial charge in [-0.25, -0.2) is 4.79 Å². The van der Waals surface area contributed by atoms with Crippen LogP contribution in [0.15, 0.2) is 30.3 Å². The van der Waals surface area contributed by atoms with E-state index in [-0.39, 0.29) is 11.6 Å². The molecule has 5 nitrogen and oxygen atoms in total. The molecule has 1 aromatic rings. The van der Waals surface area contributed by atoms with Crippen LogP contribution in [-0.4, -0.2) is 68.3 Å². The van der Waals surface area contributed by atoms with Crippen LogP contribution in [0.3, 0.4) is 0 Å². The number of urea groups is 1. The SMILES string of the molecule is CN(C)C1(CNC(=O)N2CCC(Cc3ccccc3)C2)CCOCC1. The van der Waals surface area contributed by atoms with Crippen molar-refractivity contribution < 1.29 is 9.53 Å². The summed E-state index contributed by atoms with van der Waals surface area (Å²) in [6, 6.07) is 10.7. The fourth-order valence-electron chi connectivity index (χ4n) is 4.02. The molecule has 1 unspecified atom stereocenters. The van der Waals surface area contributed by atoms with Crippen LogP contribution in [0.4, 0.5) is 4.79 Å². The van der Waals surface area contributed by atoms with E-state index in [0.29, 0.717) is 12.5 Å². The predicted molar refractivity (Wildman–Crippen MR) is 99.7 cm³/mol. The molecule has 0 aromatic heterocycles. The predicted octanol–water partition coefficient (Wildman–Crippen LogP) is 2.37. The number of benzene rings is 1. The molecule has 2 fully saturated rings. The van der Waals surface area contributed by atoms with Crippen molar-refractivity contribution in [1.82, 2.24) is 15.1 Å². The normalized spacial score (nSPS) is 23.0. The first kappa shape index (κ1) is 18.2. The Kier molecular flexibility index (Phi) is 5.97. The first-order chi connectivity index (χ1) is 12.1. The van der Waals surface area contributed by atoms with Gasteiger partial charge in [0.2, 0.25) is 0 Å². The molecule has 2 aliphatic rings. The molecule has 2 heterocycles. The molecule has 2 amide bonds. The number of carbonyl (C=O) groups excluding carboxylic acids is 1. The molecule has 0 radical (unpaired) electrons. The minimum absolute atomic E-state index is 0.0249. The summed E-state index contributed by atoms with van der Waals surface area (Å²) < 4.78 is 5.50. The van der Waals surface area contributed by atoms with Gasteiger partial charge in [-0.3, -0.25) is 0 Å². The van der Waals surface area contributed by atoms with Gasteiger partial charge in [0, 0.05) is 38.4 Å². The molecule has 1 atom stereocenters. The molecular formula is C20H31N3O2. The van der Waals surface area contributed by atoms with E-state index in [1.54, 1.807) is 0 Å². The van der Waals surface area contributed by atoms with Crippen LogP contribution in [0.5, 0.6) is 0 Å². The molecule has 1 N–H and O–H groups in total. The number of hydrogen-bond donors (Lipinski definition) is 1. The van der Waals surface area contributed by atoms with Gasteiger partial charge in [0.25, 0.3) is 0 Å². The number of ether oxygens (including phenoxy) is 1. The zero-order valence-electron chi connectivity index (χ0n) is 15.5. The van der Waals surface area contributed by atoms with Crippen molar-refractivity contribution in [2.75, 3.05) is 46.9 Å². The van der Waals surface area contributed by atoms with E-state index in [4.69, 9.17) is 4.74 Å². The molecule has 138 valence electrons. The summed E-state index contributed by atoms with van der Waals surface area (Å²) in [5.74, 6) is 0.569. The van der Waals surface area contributed by atoms with E-state index in [2.05, 4.69) is 54.6 Å². The highest BCUT2D eigenvalue weighted by atomic mass is 16.5. The van der Waals surface area contributed by atoms with E-state index < -0.39 is 0 Å². The van der Waals surface area contributed by atoms with Crippen molar-refractivity contribution in [1.29, 1.82) is 0 Å². The lowest BCUT2D eigenvalue weighted by Crippen LogP contribution is -2.57. The zero-order valence-corrected chi connectivity index (χ0v) is 15.5. The van der Waals surface area contributed by atoms with E-state index in [0.717, 1.165) is 52.0 Å². The highest BCUT2D eigenvalue weighted by molar-refractivity contribution is 5.74. The Morgan fingerprint density at radius 1 is 1.28 bits per heavy atom. The van der Waals surface area contributed by atoms with E-state index in [9.17, 15) is 4.79 Å². The van der Waals surface area contributed by atoms with Crippen LogP contribution in [0.2, 0.25) is 0 Å². The number of carbonyl (C=O) groups is 1. The highest BCUT2D eigenvalue weighted by Gasteiger charge is 2.36. The lowest BCUT2D eigenvalue weighted by Gasteiger charge is -2.43. The number of nitrogens with one attached hydrogen (secondary N) is 1. The third-order valence-corrected chi connectivity index (χ3v) is 5.88. The van der Waals surface area contributed by atoms with E-state index in [1.807, 2.05) is 4.90 Å². The maximum Gasteiger partial charge on any atom is 0.317 e.